The first-order valence-corrected chi connectivity index (χ1v) is 18.1. The number of aliphatic hydroxyl groups excluding tert-OH is 3. The van der Waals surface area contributed by atoms with Crippen LogP contribution in [0.15, 0.2) is 23.3 Å². The molecule has 6 fully saturated rings. The Bertz CT molecular complexity index is 1190. The lowest BCUT2D eigenvalue weighted by Gasteiger charge is -2.65. The normalized spacial score (nSPS) is 60.2. The molecule has 0 spiro atoms. The predicted molar refractivity (Wildman–Crippen MR) is 165 cm³/mol. The smallest absolute Gasteiger partial charge is 0.0741 e. The van der Waals surface area contributed by atoms with Crippen LogP contribution < -0.4 is 0 Å². The van der Waals surface area contributed by atoms with Gasteiger partial charge in [-0.2, -0.15) is 0 Å². The van der Waals surface area contributed by atoms with E-state index >= 15 is 0 Å². The van der Waals surface area contributed by atoms with Gasteiger partial charge in [0.15, 0.2) is 0 Å². The van der Waals surface area contributed by atoms with Gasteiger partial charge in [0.05, 0.1) is 23.9 Å². The zero-order chi connectivity index (χ0) is 29.4. The molecule has 0 amide bonds. The van der Waals surface area contributed by atoms with E-state index in [1.165, 1.54) is 30.4 Å². The van der Waals surface area contributed by atoms with Crippen LogP contribution in [0, 0.1) is 63.1 Å². The lowest BCUT2D eigenvalue weighted by Crippen LogP contribution is -2.64. The molecule has 4 nitrogen and oxygen atoms in total. The van der Waals surface area contributed by atoms with Gasteiger partial charge in [0.1, 0.15) is 0 Å². The SMILES string of the molecule is C[C@]12CCC(O)C=C1CC[C@@H]1[C@H]2CC[C@@]2(C)[C@H]1CCC2(O)C1CC(O)C=C2CC[C@@H]3[C@@H](CC[C@]4(C)C(O)CC[C@@H]34)[C@]21C. The van der Waals surface area contributed by atoms with Gasteiger partial charge in [0.2, 0.25) is 0 Å². The fourth-order valence-corrected chi connectivity index (χ4v) is 14.8. The fraction of sp³-hybridized carbons (Fsp3) is 0.895. The summed E-state index contributed by atoms with van der Waals surface area (Å²) in [5.74, 6) is 3.70. The van der Waals surface area contributed by atoms with E-state index in [0.29, 0.717) is 41.9 Å². The van der Waals surface area contributed by atoms with Crippen molar-refractivity contribution in [2.24, 2.45) is 63.1 Å². The van der Waals surface area contributed by atoms with Crippen LogP contribution in [0.25, 0.3) is 0 Å². The second kappa shape index (κ2) is 9.20. The van der Waals surface area contributed by atoms with Crippen molar-refractivity contribution in [3.63, 3.8) is 0 Å². The van der Waals surface area contributed by atoms with Crippen molar-refractivity contribution in [2.75, 3.05) is 0 Å². The Kier molecular flexibility index (Phi) is 6.30. The highest BCUT2D eigenvalue weighted by Gasteiger charge is 2.71. The van der Waals surface area contributed by atoms with Gasteiger partial charge >= 0.3 is 0 Å². The van der Waals surface area contributed by atoms with Crippen LogP contribution in [0.4, 0.5) is 0 Å². The number of fused-ring (bicyclic) bond motifs is 10. The van der Waals surface area contributed by atoms with E-state index in [-0.39, 0.29) is 39.8 Å². The molecule has 0 bridgehead atoms. The largest absolute Gasteiger partial charge is 0.393 e. The molecule has 4 heteroatoms. The molecule has 8 aliphatic carbocycles. The van der Waals surface area contributed by atoms with Gasteiger partial charge in [0.25, 0.3) is 0 Å². The summed E-state index contributed by atoms with van der Waals surface area (Å²) in [4.78, 5) is 0. The molecule has 0 aromatic carbocycles. The molecule has 4 N–H and O–H groups in total. The van der Waals surface area contributed by atoms with E-state index < -0.39 is 11.7 Å². The number of allylic oxidation sites excluding steroid dienone is 2. The van der Waals surface area contributed by atoms with Crippen LogP contribution in [0.1, 0.15) is 124 Å². The number of aliphatic hydroxyl groups is 4. The molecular formula is C38H58O4. The van der Waals surface area contributed by atoms with Gasteiger partial charge in [-0.25, -0.2) is 0 Å². The molecule has 0 aromatic rings. The second-order valence-corrected chi connectivity index (χ2v) is 17.9. The summed E-state index contributed by atoms with van der Waals surface area (Å²) in [5.41, 5.74) is 2.29. The van der Waals surface area contributed by atoms with Crippen molar-refractivity contribution in [1.82, 2.24) is 0 Å². The maximum Gasteiger partial charge on any atom is 0.0741 e. The average molecular weight is 579 g/mol. The van der Waals surface area contributed by atoms with E-state index in [0.717, 1.165) is 70.6 Å². The Balaban J connectivity index is 1.15. The minimum Gasteiger partial charge on any atom is -0.393 e. The highest BCUT2D eigenvalue weighted by molar-refractivity contribution is 5.32. The average Bonchev–Trinajstić information content (AvgIpc) is 3.41. The summed E-state index contributed by atoms with van der Waals surface area (Å²) in [6.07, 6.45) is 19.4. The molecule has 0 aliphatic heterocycles. The Hall–Kier alpha value is -0.680. The molecule has 0 saturated heterocycles. The molecule has 6 saturated carbocycles. The van der Waals surface area contributed by atoms with Crippen LogP contribution >= 0.6 is 0 Å². The summed E-state index contributed by atoms with van der Waals surface area (Å²) in [7, 11) is 0. The summed E-state index contributed by atoms with van der Waals surface area (Å²) in [6.45, 7) is 9.86. The summed E-state index contributed by atoms with van der Waals surface area (Å²) in [6, 6.07) is 0. The van der Waals surface area contributed by atoms with Crippen LogP contribution in [0.2, 0.25) is 0 Å². The van der Waals surface area contributed by atoms with Crippen molar-refractivity contribution in [3.8, 4) is 0 Å². The predicted octanol–water partition coefficient (Wildman–Crippen LogP) is 6.95. The fourth-order valence-electron chi connectivity index (χ4n) is 14.8. The van der Waals surface area contributed by atoms with Crippen molar-refractivity contribution >= 4 is 0 Å². The zero-order valence-corrected chi connectivity index (χ0v) is 26.8. The van der Waals surface area contributed by atoms with E-state index in [4.69, 9.17) is 0 Å². The molecule has 0 radical (unpaired) electrons. The van der Waals surface area contributed by atoms with Crippen LogP contribution in [0.3, 0.4) is 0 Å². The number of hydrogen-bond donors (Lipinski definition) is 4. The first-order valence-electron chi connectivity index (χ1n) is 18.1. The van der Waals surface area contributed by atoms with Crippen molar-refractivity contribution < 1.29 is 20.4 Å². The first-order chi connectivity index (χ1) is 19.9. The first kappa shape index (κ1) is 28.8. The summed E-state index contributed by atoms with van der Waals surface area (Å²) in [5, 5.41) is 46.1. The molecular weight excluding hydrogens is 520 g/mol. The van der Waals surface area contributed by atoms with Gasteiger partial charge in [-0.05, 0) is 153 Å². The van der Waals surface area contributed by atoms with Crippen molar-refractivity contribution in [3.05, 3.63) is 23.3 Å². The zero-order valence-electron chi connectivity index (χ0n) is 26.8. The second-order valence-electron chi connectivity index (χ2n) is 17.9. The minimum absolute atomic E-state index is 0.0572. The third kappa shape index (κ3) is 3.45. The molecule has 8 aliphatic rings. The standard InChI is InChI=1S/C38H58O4/c1-34-15-11-24(39)19-22(34)5-7-26-29(34)13-17-36(3)30(26)14-18-38(36,42)32-21-25(40)20-23-6-8-27-28-9-10-33(41)35(28,2)16-12-31(27)37(23,32)4/h19-20,24-33,39-42H,5-18,21H2,1-4H3/t24?,25?,26-,27+,28+,29-,30+,31-,32?,33?,34+,35+,36+,37+,38?/m1/s1. The highest BCUT2D eigenvalue weighted by atomic mass is 16.3. The van der Waals surface area contributed by atoms with Gasteiger partial charge in [-0.15, -0.1) is 0 Å². The summed E-state index contributed by atoms with van der Waals surface area (Å²) >= 11 is 0. The van der Waals surface area contributed by atoms with Crippen molar-refractivity contribution in [2.45, 2.75) is 148 Å². The monoisotopic (exact) mass is 578 g/mol. The lowest BCUT2D eigenvalue weighted by molar-refractivity contribution is -0.201. The maximum absolute atomic E-state index is 13.4. The Morgan fingerprint density at radius 2 is 1.29 bits per heavy atom. The third-order valence-electron chi connectivity index (χ3n) is 17.1. The van der Waals surface area contributed by atoms with Gasteiger partial charge < -0.3 is 20.4 Å². The number of hydrogen-bond acceptors (Lipinski definition) is 4. The molecule has 0 aromatic heterocycles. The van der Waals surface area contributed by atoms with Gasteiger partial charge in [-0.1, -0.05) is 51.0 Å². The molecule has 15 atom stereocenters. The van der Waals surface area contributed by atoms with Crippen LogP contribution in [0.5, 0.6) is 0 Å². The number of rotatable bonds is 1. The van der Waals surface area contributed by atoms with Crippen LogP contribution in [-0.4, -0.2) is 44.3 Å². The third-order valence-corrected chi connectivity index (χ3v) is 17.1. The van der Waals surface area contributed by atoms with E-state index in [2.05, 4.69) is 39.8 Å². The van der Waals surface area contributed by atoms with E-state index in [9.17, 15) is 20.4 Å². The van der Waals surface area contributed by atoms with E-state index in [1.54, 1.807) is 0 Å². The quantitative estimate of drug-likeness (QED) is 0.254. The molecule has 234 valence electrons. The summed E-state index contributed by atoms with van der Waals surface area (Å²) < 4.78 is 0. The lowest BCUT2D eigenvalue weighted by atomic mass is 9.40. The maximum atomic E-state index is 13.4. The molecule has 0 heterocycles. The van der Waals surface area contributed by atoms with Gasteiger partial charge in [0, 0.05) is 5.92 Å². The minimum atomic E-state index is -0.754. The Morgan fingerprint density at radius 1 is 0.619 bits per heavy atom. The van der Waals surface area contributed by atoms with E-state index in [1.807, 2.05) is 0 Å². The molecule has 5 unspecified atom stereocenters. The molecule has 8 rings (SSSR count). The Morgan fingerprint density at radius 3 is 2.07 bits per heavy atom. The van der Waals surface area contributed by atoms with Crippen LogP contribution in [-0.2, 0) is 0 Å². The Labute approximate surface area is 254 Å². The van der Waals surface area contributed by atoms with Gasteiger partial charge in [-0.3, -0.25) is 0 Å². The molecule has 42 heavy (non-hydrogen) atoms. The van der Waals surface area contributed by atoms with Crippen molar-refractivity contribution in [1.29, 1.82) is 0 Å². The highest BCUT2D eigenvalue weighted by Crippen LogP contribution is 2.74. The topological polar surface area (TPSA) is 80.9 Å².